The van der Waals surface area contributed by atoms with E-state index in [-0.39, 0.29) is 5.37 Å². The standard InChI is InChI=1S/C22H30BN2O2S/c1-14-12-17(23-27-22(5,6)21(3,4)26)13-15(2)18(14)20(25)28-19(24)16-10-8-7-9-11-16/h7-13,20,24,26H,25H2,1-6H3. The van der Waals surface area contributed by atoms with Crippen molar-refractivity contribution in [1.29, 1.82) is 5.41 Å². The fourth-order valence-corrected chi connectivity index (χ4v) is 3.74. The SMILES string of the molecule is Cc1cc([B]OC(C)(C)C(C)(C)O)cc(C)c1C(N)SC(=N)c1ccccc1. The Bertz CT molecular complexity index is 809. The lowest BCUT2D eigenvalue weighted by Crippen LogP contribution is -2.49. The van der Waals surface area contributed by atoms with Gasteiger partial charge in [0.2, 0.25) is 0 Å². The molecule has 2 aromatic carbocycles. The molecule has 28 heavy (non-hydrogen) atoms. The van der Waals surface area contributed by atoms with Gasteiger partial charge in [-0.05, 0) is 58.2 Å². The second-order valence-electron chi connectivity index (χ2n) is 8.11. The van der Waals surface area contributed by atoms with Gasteiger partial charge in [0.1, 0.15) is 0 Å². The van der Waals surface area contributed by atoms with E-state index in [1.807, 2.05) is 70.2 Å². The lowest BCUT2D eigenvalue weighted by molar-refractivity contribution is -0.0893. The number of hydrogen-bond acceptors (Lipinski definition) is 5. The maximum absolute atomic E-state index is 10.2. The first-order valence-corrected chi connectivity index (χ1v) is 10.2. The zero-order chi connectivity index (χ0) is 21.1. The van der Waals surface area contributed by atoms with Crippen LogP contribution in [0.4, 0.5) is 0 Å². The molecule has 0 aliphatic heterocycles. The van der Waals surface area contributed by atoms with E-state index in [2.05, 4.69) is 0 Å². The van der Waals surface area contributed by atoms with Crippen LogP contribution in [0, 0.1) is 19.3 Å². The second kappa shape index (κ2) is 8.83. The molecule has 0 saturated carbocycles. The molecule has 1 unspecified atom stereocenters. The Balaban J connectivity index is 2.14. The van der Waals surface area contributed by atoms with E-state index in [4.69, 9.17) is 15.8 Å². The van der Waals surface area contributed by atoms with Crippen molar-refractivity contribution < 1.29 is 9.76 Å². The Morgan fingerprint density at radius 1 is 1.11 bits per heavy atom. The molecule has 0 aliphatic carbocycles. The largest absolute Gasteiger partial charge is 0.427 e. The van der Waals surface area contributed by atoms with E-state index in [1.165, 1.54) is 11.8 Å². The summed E-state index contributed by atoms with van der Waals surface area (Å²) in [6.45, 7) is 11.2. The number of rotatable bonds is 7. The summed E-state index contributed by atoms with van der Waals surface area (Å²) in [4.78, 5) is 0. The van der Waals surface area contributed by atoms with Crippen LogP contribution in [-0.2, 0) is 4.65 Å². The number of nitrogens with two attached hydrogens (primary N) is 1. The molecule has 6 heteroatoms. The van der Waals surface area contributed by atoms with E-state index in [9.17, 15) is 5.11 Å². The first-order chi connectivity index (χ1) is 12.9. The van der Waals surface area contributed by atoms with Gasteiger partial charge in [-0.2, -0.15) is 0 Å². The predicted molar refractivity (Wildman–Crippen MR) is 121 cm³/mol. The molecule has 0 heterocycles. The smallest absolute Gasteiger partial charge is 0.330 e. The van der Waals surface area contributed by atoms with Gasteiger partial charge in [-0.15, -0.1) is 0 Å². The maximum Gasteiger partial charge on any atom is 0.330 e. The van der Waals surface area contributed by atoms with Crippen LogP contribution in [0.15, 0.2) is 42.5 Å². The maximum atomic E-state index is 10.2. The van der Waals surface area contributed by atoms with Gasteiger partial charge in [0.25, 0.3) is 0 Å². The normalized spacial score (nSPS) is 13.3. The van der Waals surface area contributed by atoms with Crippen molar-refractivity contribution in [2.24, 2.45) is 5.73 Å². The quantitative estimate of drug-likeness (QED) is 0.287. The van der Waals surface area contributed by atoms with Gasteiger partial charge in [-0.3, -0.25) is 5.41 Å². The lowest BCUT2D eigenvalue weighted by Gasteiger charge is -2.37. The number of aryl methyl sites for hydroxylation is 2. The predicted octanol–water partition coefficient (Wildman–Crippen LogP) is 3.83. The summed E-state index contributed by atoms with van der Waals surface area (Å²) >= 11 is 1.35. The third kappa shape index (κ3) is 5.48. The van der Waals surface area contributed by atoms with Gasteiger partial charge in [0.15, 0.2) is 0 Å². The first-order valence-electron chi connectivity index (χ1n) is 9.33. The van der Waals surface area contributed by atoms with Crippen molar-refractivity contribution >= 4 is 29.8 Å². The highest BCUT2D eigenvalue weighted by Crippen LogP contribution is 2.31. The van der Waals surface area contributed by atoms with Crippen molar-refractivity contribution in [3.8, 4) is 0 Å². The molecule has 0 aliphatic rings. The Morgan fingerprint density at radius 2 is 1.64 bits per heavy atom. The average Bonchev–Trinajstić information content (AvgIpc) is 2.59. The van der Waals surface area contributed by atoms with Crippen LogP contribution in [-0.4, -0.2) is 28.8 Å². The fourth-order valence-electron chi connectivity index (χ4n) is 2.73. The zero-order valence-electron chi connectivity index (χ0n) is 17.5. The number of thioether (sulfide) groups is 1. The van der Waals surface area contributed by atoms with Crippen LogP contribution >= 0.6 is 11.8 Å². The van der Waals surface area contributed by atoms with Crippen LogP contribution in [0.5, 0.6) is 0 Å². The molecule has 2 rings (SSSR count). The van der Waals surface area contributed by atoms with E-state index in [0.29, 0.717) is 5.04 Å². The van der Waals surface area contributed by atoms with Crippen LogP contribution in [0.25, 0.3) is 0 Å². The highest BCUT2D eigenvalue weighted by molar-refractivity contribution is 8.14. The van der Waals surface area contributed by atoms with Crippen LogP contribution in [0.1, 0.15) is 55.3 Å². The summed E-state index contributed by atoms with van der Waals surface area (Å²) in [5.41, 5.74) is 9.67. The van der Waals surface area contributed by atoms with E-state index in [1.54, 1.807) is 21.3 Å². The molecule has 149 valence electrons. The Kier molecular flexibility index (Phi) is 7.15. The summed E-state index contributed by atoms with van der Waals surface area (Å²) < 4.78 is 5.87. The third-order valence-electron chi connectivity index (χ3n) is 5.14. The minimum atomic E-state index is -0.968. The van der Waals surface area contributed by atoms with Gasteiger partial charge in [0, 0.05) is 5.56 Å². The van der Waals surface area contributed by atoms with Crippen molar-refractivity contribution in [3.05, 3.63) is 64.7 Å². The monoisotopic (exact) mass is 397 g/mol. The first kappa shape index (κ1) is 22.7. The Labute approximate surface area is 173 Å². The number of nitrogens with one attached hydrogen (secondary N) is 1. The van der Waals surface area contributed by atoms with Gasteiger partial charge in [-0.1, -0.05) is 59.7 Å². The van der Waals surface area contributed by atoms with Crippen molar-refractivity contribution in [2.75, 3.05) is 0 Å². The van der Waals surface area contributed by atoms with Crippen molar-refractivity contribution in [2.45, 2.75) is 58.1 Å². The molecule has 2 aromatic rings. The summed E-state index contributed by atoms with van der Waals surface area (Å²) in [5, 5.41) is 18.7. The van der Waals surface area contributed by atoms with Crippen molar-refractivity contribution in [1.82, 2.24) is 0 Å². The van der Waals surface area contributed by atoms with E-state index in [0.717, 1.165) is 27.7 Å². The molecule has 1 radical (unpaired) electrons. The molecule has 0 bridgehead atoms. The molecular formula is C22H30BN2O2S. The third-order valence-corrected chi connectivity index (χ3v) is 6.11. The molecule has 0 amide bonds. The molecule has 4 nitrogen and oxygen atoms in total. The highest BCUT2D eigenvalue weighted by atomic mass is 32.2. The summed E-state index contributed by atoms with van der Waals surface area (Å²) in [6, 6.07) is 13.7. The molecule has 0 fully saturated rings. The van der Waals surface area contributed by atoms with Gasteiger partial charge < -0.3 is 15.5 Å². The summed E-state index contributed by atoms with van der Waals surface area (Å²) in [7, 11) is 1.69. The van der Waals surface area contributed by atoms with E-state index >= 15 is 0 Å². The average molecular weight is 397 g/mol. The number of benzene rings is 2. The van der Waals surface area contributed by atoms with E-state index < -0.39 is 11.2 Å². The topological polar surface area (TPSA) is 79.3 Å². The van der Waals surface area contributed by atoms with Crippen molar-refractivity contribution in [3.63, 3.8) is 0 Å². The van der Waals surface area contributed by atoms with Crippen LogP contribution in [0.3, 0.4) is 0 Å². The molecule has 0 saturated heterocycles. The molecule has 4 N–H and O–H groups in total. The minimum absolute atomic E-state index is 0.324. The number of hydrogen-bond donors (Lipinski definition) is 3. The fraction of sp³-hybridized carbons (Fsp3) is 0.409. The Morgan fingerprint density at radius 3 is 2.14 bits per heavy atom. The summed E-state index contributed by atoms with van der Waals surface area (Å²) in [6.07, 6.45) is 0. The zero-order valence-corrected chi connectivity index (χ0v) is 18.4. The molecule has 0 spiro atoms. The second-order valence-corrected chi connectivity index (χ2v) is 9.26. The summed E-state index contributed by atoms with van der Waals surface area (Å²) in [5.74, 6) is 0. The molecule has 0 aromatic heterocycles. The minimum Gasteiger partial charge on any atom is -0.427 e. The van der Waals surface area contributed by atoms with Gasteiger partial charge in [0.05, 0.1) is 21.6 Å². The van der Waals surface area contributed by atoms with Gasteiger partial charge >= 0.3 is 7.48 Å². The Hall–Kier alpha value is -1.60. The van der Waals surface area contributed by atoms with Crippen LogP contribution in [0.2, 0.25) is 0 Å². The van der Waals surface area contributed by atoms with Gasteiger partial charge in [-0.25, -0.2) is 0 Å². The number of aliphatic hydroxyl groups is 1. The highest BCUT2D eigenvalue weighted by Gasteiger charge is 2.35. The van der Waals surface area contributed by atoms with Crippen LogP contribution < -0.4 is 11.2 Å². The molecular weight excluding hydrogens is 367 g/mol. The molecule has 1 atom stereocenters. The lowest BCUT2D eigenvalue weighted by atomic mass is 9.80.